The lowest BCUT2D eigenvalue weighted by atomic mass is 9.76. The SMILES string of the molecule is CCO/C=C/c1cccc(CONC(=O)[C@@H]2c3ccccc3C(=O)N([C@H]3CCCC[C@@H]3NS(C)(=O)=O)[C@H]2c2ccc(Cl)cc2Cl)c1. The zero-order valence-electron chi connectivity index (χ0n) is 25.6. The molecule has 2 aliphatic rings. The van der Waals surface area contributed by atoms with Crippen LogP contribution in [0.1, 0.15) is 77.2 Å². The van der Waals surface area contributed by atoms with Crippen molar-refractivity contribution in [1.82, 2.24) is 15.1 Å². The molecule has 1 fully saturated rings. The maximum atomic E-state index is 14.4. The Labute approximate surface area is 279 Å². The van der Waals surface area contributed by atoms with E-state index in [9.17, 15) is 18.0 Å². The van der Waals surface area contributed by atoms with Gasteiger partial charge in [-0.3, -0.25) is 14.4 Å². The zero-order chi connectivity index (χ0) is 32.8. The number of hydroxylamine groups is 1. The first kappa shape index (κ1) is 33.9. The predicted molar refractivity (Wildman–Crippen MR) is 179 cm³/mol. The Morgan fingerprint density at radius 1 is 1.02 bits per heavy atom. The van der Waals surface area contributed by atoms with E-state index >= 15 is 0 Å². The number of hydrogen-bond acceptors (Lipinski definition) is 6. The highest BCUT2D eigenvalue weighted by atomic mass is 35.5. The first-order chi connectivity index (χ1) is 22.1. The standard InChI is InChI=1S/C34H37Cl2N3O6S/c1-3-44-18-17-22-9-8-10-23(19-22)21-45-37-33(40)31-25-11-4-5-12-26(25)34(41)39(32(31)27-16-15-24(35)20-28(27)36)30-14-7-6-13-29(30)38-46(2,42)43/h4-5,8-12,15-20,29-32,38H,3,6-7,13-14,21H2,1-2H3,(H,37,40)/b18-17+/t29-,30-,31+,32-/m0/s1. The second-order valence-corrected chi connectivity index (χ2v) is 14.1. The Hall–Kier alpha value is -3.41. The molecule has 3 aromatic carbocycles. The van der Waals surface area contributed by atoms with Crippen LogP contribution in [0.2, 0.25) is 10.0 Å². The molecule has 9 nitrogen and oxygen atoms in total. The minimum atomic E-state index is -3.59. The van der Waals surface area contributed by atoms with Crippen LogP contribution in [0, 0.1) is 0 Å². The van der Waals surface area contributed by atoms with Gasteiger partial charge >= 0.3 is 0 Å². The third kappa shape index (κ3) is 7.93. The summed E-state index contributed by atoms with van der Waals surface area (Å²) in [5, 5.41) is 0.688. The summed E-state index contributed by atoms with van der Waals surface area (Å²) < 4.78 is 32.8. The van der Waals surface area contributed by atoms with E-state index < -0.39 is 40.0 Å². The van der Waals surface area contributed by atoms with Crippen LogP contribution in [0.5, 0.6) is 0 Å². The van der Waals surface area contributed by atoms with Crippen molar-refractivity contribution >= 4 is 51.1 Å². The zero-order valence-corrected chi connectivity index (χ0v) is 27.9. The van der Waals surface area contributed by atoms with Gasteiger partial charge in [-0.15, -0.1) is 0 Å². The second kappa shape index (κ2) is 15.0. The van der Waals surface area contributed by atoms with E-state index in [2.05, 4.69) is 10.2 Å². The number of carbonyl (C=O) groups is 2. The van der Waals surface area contributed by atoms with E-state index in [4.69, 9.17) is 32.8 Å². The van der Waals surface area contributed by atoms with Gasteiger partial charge in [0.2, 0.25) is 10.0 Å². The van der Waals surface area contributed by atoms with Crippen molar-refractivity contribution in [2.45, 2.75) is 63.3 Å². The van der Waals surface area contributed by atoms with Crippen LogP contribution in [0.3, 0.4) is 0 Å². The van der Waals surface area contributed by atoms with Crippen LogP contribution in [-0.2, 0) is 31.0 Å². The van der Waals surface area contributed by atoms with E-state index in [1.165, 1.54) is 0 Å². The molecule has 2 amide bonds. The Balaban J connectivity index is 1.52. The summed E-state index contributed by atoms with van der Waals surface area (Å²) >= 11 is 13.1. The van der Waals surface area contributed by atoms with Crippen LogP contribution in [0.25, 0.3) is 6.08 Å². The molecule has 0 unspecified atom stereocenters. The monoisotopic (exact) mass is 685 g/mol. The quantitative estimate of drug-likeness (QED) is 0.179. The van der Waals surface area contributed by atoms with E-state index in [0.29, 0.717) is 41.2 Å². The number of rotatable bonds is 11. The van der Waals surface area contributed by atoms with E-state index in [1.54, 1.807) is 53.6 Å². The molecular weight excluding hydrogens is 649 g/mol. The predicted octanol–water partition coefficient (Wildman–Crippen LogP) is 6.39. The molecule has 0 aromatic heterocycles. The van der Waals surface area contributed by atoms with E-state index in [1.807, 2.05) is 37.3 Å². The summed E-state index contributed by atoms with van der Waals surface area (Å²) in [6, 6.07) is 17.6. The van der Waals surface area contributed by atoms with Gasteiger partial charge in [0.25, 0.3) is 11.8 Å². The Kier molecular flexibility index (Phi) is 11.1. The molecule has 0 saturated heterocycles. The maximum Gasteiger partial charge on any atom is 0.255 e. The number of hydrogen-bond donors (Lipinski definition) is 2. The third-order valence-electron chi connectivity index (χ3n) is 8.28. The van der Waals surface area contributed by atoms with Crippen molar-refractivity contribution < 1.29 is 27.6 Å². The van der Waals surface area contributed by atoms with Crippen LogP contribution < -0.4 is 10.2 Å². The second-order valence-electron chi connectivity index (χ2n) is 11.5. The van der Waals surface area contributed by atoms with Crippen LogP contribution in [0.4, 0.5) is 0 Å². The number of nitrogens with one attached hydrogen (secondary N) is 2. The molecule has 1 saturated carbocycles. The molecule has 1 aliphatic heterocycles. The van der Waals surface area contributed by atoms with Gasteiger partial charge in [0.15, 0.2) is 0 Å². The number of fused-ring (bicyclic) bond motifs is 1. The molecule has 0 spiro atoms. The molecular formula is C34H37Cl2N3O6S. The van der Waals surface area contributed by atoms with Crippen molar-refractivity contribution in [1.29, 1.82) is 0 Å². The van der Waals surface area contributed by atoms with Crippen molar-refractivity contribution in [2.24, 2.45) is 0 Å². The number of carbonyl (C=O) groups excluding carboxylic acids is 2. The average molecular weight is 687 g/mol. The normalized spacial score (nSPS) is 21.7. The van der Waals surface area contributed by atoms with Gasteiger partial charge in [-0.25, -0.2) is 18.6 Å². The minimum absolute atomic E-state index is 0.0917. The lowest BCUT2D eigenvalue weighted by Gasteiger charge is -2.49. The van der Waals surface area contributed by atoms with Gasteiger partial charge < -0.3 is 9.64 Å². The molecule has 5 rings (SSSR count). The molecule has 3 aromatic rings. The van der Waals surface area contributed by atoms with Gasteiger partial charge in [0.1, 0.15) is 0 Å². The van der Waals surface area contributed by atoms with Gasteiger partial charge in [-0.05, 0) is 72.4 Å². The number of halogens is 2. The van der Waals surface area contributed by atoms with E-state index in [0.717, 1.165) is 30.2 Å². The number of sulfonamides is 1. The fraction of sp³-hybridized carbons (Fsp3) is 0.353. The molecule has 4 atom stereocenters. The van der Waals surface area contributed by atoms with Crippen LogP contribution in [-0.4, -0.2) is 50.1 Å². The third-order valence-corrected chi connectivity index (χ3v) is 9.57. The van der Waals surface area contributed by atoms with Gasteiger partial charge in [0, 0.05) is 27.7 Å². The van der Waals surface area contributed by atoms with Gasteiger partial charge in [-0.1, -0.05) is 78.5 Å². The lowest BCUT2D eigenvalue weighted by Crippen LogP contribution is -2.59. The Morgan fingerprint density at radius 3 is 2.57 bits per heavy atom. The summed E-state index contributed by atoms with van der Waals surface area (Å²) in [6.07, 6.45) is 7.25. The fourth-order valence-electron chi connectivity index (χ4n) is 6.39. The molecule has 46 heavy (non-hydrogen) atoms. The first-order valence-corrected chi connectivity index (χ1v) is 17.8. The molecule has 1 heterocycles. The first-order valence-electron chi connectivity index (χ1n) is 15.2. The van der Waals surface area contributed by atoms with Crippen LogP contribution >= 0.6 is 23.2 Å². The summed E-state index contributed by atoms with van der Waals surface area (Å²) in [6.45, 7) is 2.56. The van der Waals surface area contributed by atoms with Crippen molar-refractivity contribution in [3.05, 3.63) is 111 Å². The van der Waals surface area contributed by atoms with Crippen molar-refractivity contribution in [2.75, 3.05) is 12.9 Å². The van der Waals surface area contributed by atoms with Crippen molar-refractivity contribution in [3.63, 3.8) is 0 Å². The largest absolute Gasteiger partial charge is 0.501 e. The average Bonchev–Trinajstić information content (AvgIpc) is 3.01. The molecule has 0 bridgehead atoms. The van der Waals surface area contributed by atoms with E-state index in [-0.39, 0.29) is 17.5 Å². The summed E-state index contributed by atoms with van der Waals surface area (Å²) in [7, 11) is -3.59. The number of nitrogens with zero attached hydrogens (tertiary/aromatic N) is 1. The smallest absolute Gasteiger partial charge is 0.255 e. The highest BCUT2D eigenvalue weighted by molar-refractivity contribution is 7.88. The fourth-order valence-corrected chi connectivity index (χ4v) is 7.74. The number of ether oxygens (including phenoxy) is 1. The molecule has 0 radical (unpaired) electrons. The molecule has 12 heteroatoms. The summed E-state index contributed by atoms with van der Waals surface area (Å²) in [5.74, 6) is -1.72. The van der Waals surface area contributed by atoms with Crippen LogP contribution in [0.15, 0.2) is 73.0 Å². The summed E-state index contributed by atoms with van der Waals surface area (Å²) in [4.78, 5) is 36.0. The highest BCUT2D eigenvalue weighted by Crippen LogP contribution is 2.47. The number of benzene rings is 3. The lowest BCUT2D eigenvalue weighted by molar-refractivity contribution is -0.138. The highest BCUT2D eigenvalue weighted by Gasteiger charge is 2.49. The number of amides is 2. The topological polar surface area (TPSA) is 114 Å². The maximum absolute atomic E-state index is 14.4. The van der Waals surface area contributed by atoms with Gasteiger partial charge in [0.05, 0.1) is 37.7 Å². The Bertz CT molecular complexity index is 1720. The van der Waals surface area contributed by atoms with Gasteiger partial charge in [-0.2, -0.15) is 0 Å². The molecule has 1 aliphatic carbocycles. The molecule has 244 valence electrons. The molecule has 2 N–H and O–H groups in total. The van der Waals surface area contributed by atoms with Crippen molar-refractivity contribution in [3.8, 4) is 0 Å². The summed E-state index contributed by atoms with van der Waals surface area (Å²) in [5.41, 5.74) is 5.78. The minimum Gasteiger partial charge on any atom is -0.501 e. The Morgan fingerprint density at radius 2 is 1.80 bits per heavy atom.